The van der Waals surface area contributed by atoms with Crippen LogP contribution in [0.3, 0.4) is 0 Å². The van der Waals surface area contributed by atoms with E-state index < -0.39 is 0 Å². The van der Waals surface area contributed by atoms with Gasteiger partial charge in [0.2, 0.25) is 11.8 Å². The van der Waals surface area contributed by atoms with Gasteiger partial charge in [-0.05, 0) is 32.0 Å². The number of piperidine rings is 1. The number of benzene rings is 1. The lowest BCUT2D eigenvalue weighted by Gasteiger charge is -2.36. The topological polar surface area (TPSA) is 52.7 Å². The highest BCUT2D eigenvalue weighted by molar-refractivity contribution is 5.98. The average Bonchev–Trinajstić information content (AvgIpc) is 2.48. The first-order valence-electron chi connectivity index (χ1n) is 6.90. The standard InChI is InChI=1S/C15H21N3O2/c1-16-14(19)11-17(2)13-9-6-10-18(15(13)20)12-7-4-3-5-8-12/h3-5,7-8,13H,6,9-11H2,1-2H3,(H,16,19). The van der Waals surface area contributed by atoms with E-state index in [1.54, 1.807) is 7.05 Å². The Kier molecular flexibility index (Phi) is 4.74. The Balaban J connectivity index is 2.09. The fourth-order valence-corrected chi connectivity index (χ4v) is 2.55. The quantitative estimate of drug-likeness (QED) is 0.886. The molecule has 5 nitrogen and oxygen atoms in total. The van der Waals surface area contributed by atoms with Crippen molar-refractivity contribution in [2.45, 2.75) is 18.9 Å². The van der Waals surface area contributed by atoms with E-state index in [1.807, 2.05) is 47.2 Å². The third-order valence-corrected chi connectivity index (χ3v) is 3.68. The van der Waals surface area contributed by atoms with Crippen LogP contribution in [0.15, 0.2) is 30.3 Å². The lowest BCUT2D eigenvalue weighted by Crippen LogP contribution is -2.53. The molecule has 0 bridgehead atoms. The van der Waals surface area contributed by atoms with Crippen molar-refractivity contribution in [1.29, 1.82) is 0 Å². The SMILES string of the molecule is CNC(=O)CN(C)C1CCCN(c2ccccc2)C1=O. The molecular formula is C15H21N3O2. The molecule has 1 atom stereocenters. The lowest BCUT2D eigenvalue weighted by atomic mass is 10.0. The number of nitrogens with one attached hydrogen (secondary N) is 1. The number of para-hydroxylation sites is 1. The molecule has 1 saturated heterocycles. The zero-order valence-corrected chi connectivity index (χ0v) is 12.0. The van der Waals surface area contributed by atoms with E-state index in [1.165, 1.54) is 0 Å². The molecule has 0 aliphatic carbocycles. The summed E-state index contributed by atoms with van der Waals surface area (Å²) in [5.41, 5.74) is 0.926. The number of anilines is 1. The minimum absolute atomic E-state index is 0.0721. The van der Waals surface area contributed by atoms with Crippen molar-refractivity contribution >= 4 is 17.5 Å². The van der Waals surface area contributed by atoms with Crippen molar-refractivity contribution in [3.8, 4) is 0 Å². The van der Waals surface area contributed by atoms with Gasteiger partial charge in [-0.3, -0.25) is 14.5 Å². The molecule has 20 heavy (non-hydrogen) atoms. The third-order valence-electron chi connectivity index (χ3n) is 3.68. The first kappa shape index (κ1) is 14.5. The van der Waals surface area contributed by atoms with Crippen molar-refractivity contribution < 1.29 is 9.59 Å². The Hall–Kier alpha value is -1.88. The van der Waals surface area contributed by atoms with Crippen LogP contribution in [0.2, 0.25) is 0 Å². The van der Waals surface area contributed by atoms with Gasteiger partial charge in [-0.2, -0.15) is 0 Å². The molecule has 0 saturated carbocycles. The molecule has 1 aliphatic heterocycles. The van der Waals surface area contributed by atoms with Crippen molar-refractivity contribution in [3.63, 3.8) is 0 Å². The summed E-state index contributed by atoms with van der Waals surface area (Å²) in [6, 6.07) is 9.47. The minimum Gasteiger partial charge on any atom is -0.358 e. The number of carbonyl (C=O) groups excluding carboxylic acids is 2. The second-order valence-electron chi connectivity index (χ2n) is 5.07. The molecule has 0 aromatic heterocycles. The van der Waals surface area contributed by atoms with Gasteiger partial charge in [-0.1, -0.05) is 18.2 Å². The van der Waals surface area contributed by atoms with E-state index in [9.17, 15) is 9.59 Å². The predicted octanol–water partition coefficient (Wildman–Crippen LogP) is 0.860. The van der Waals surface area contributed by atoms with Gasteiger partial charge in [0.05, 0.1) is 12.6 Å². The summed E-state index contributed by atoms with van der Waals surface area (Å²) in [6.45, 7) is 0.989. The zero-order valence-electron chi connectivity index (χ0n) is 12.0. The van der Waals surface area contributed by atoms with Crippen LogP contribution in [0.4, 0.5) is 5.69 Å². The molecule has 1 heterocycles. The van der Waals surface area contributed by atoms with Crippen molar-refractivity contribution in [2.24, 2.45) is 0 Å². The minimum atomic E-state index is -0.221. The predicted molar refractivity (Wildman–Crippen MR) is 78.5 cm³/mol. The molecule has 2 amide bonds. The van der Waals surface area contributed by atoms with Crippen LogP contribution in [-0.4, -0.2) is 49.9 Å². The van der Waals surface area contributed by atoms with Crippen LogP contribution >= 0.6 is 0 Å². The van der Waals surface area contributed by atoms with Gasteiger partial charge in [0.15, 0.2) is 0 Å². The number of carbonyl (C=O) groups is 2. The van der Waals surface area contributed by atoms with Gasteiger partial charge < -0.3 is 10.2 Å². The zero-order chi connectivity index (χ0) is 14.5. The number of hydrogen-bond donors (Lipinski definition) is 1. The Labute approximate surface area is 119 Å². The summed E-state index contributed by atoms with van der Waals surface area (Å²) in [6.07, 6.45) is 1.75. The number of hydrogen-bond acceptors (Lipinski definition) is 3. The summed E-state index contributed by atoms with van der Waals surface area (Å²) in [7, 11) is 3.43. The maximum Gasteiger partial charge on any atom is 0.244 e. The molecule has 1 N–H and O–H groups in total. The van der Waals surface area contributed by atoms with Gasteiger partial charge >= 0.3 is 0 Å². The summed E-state index contributed by atoms with van der Waals surface area (Å²) in [4.78, 5) is 27.7. The van der Waals surface area contributed by atoms with Crippen LogP contribution < -0.4 is 10.2 Å². The summed E-state index contributed by atoms with van der Waals surface area (Å²) in [5, 5.41) is 2.59. The molecule has 1 fully saturated rings. The molecule has 0 spiro atoms. The van der Waals surface area contributed by atoms with Crippen molar-refractivity contribution in [2.75, 3.05) is 32.1 Å². The Morgan fingerprint density at radius 3 is 2.75 bits per heavy atom. The summed E-state index contributed by atoms with van der Waals surface area (Å²) in [5.74, 6) is 0.00554. The van der Waals surface area contributed by atoms with Gasteiger partial charge in [-0.15, -0.1) is 0 Å². The van der Waals surface area contributed by atoms with Gasteiger partial charge in [0, 0.05) is 19.3 Å². The molecule has 1 aromatic rings. The van der Waals surface area contributed by atoms with E-state index in [2.05, 4.69) is 5.32 Å². The van der Waals surface area contributed by atoms with E-state index in [0.29, 0.717) is 0 Å². The maximum absolute atomic E-state index is 12.6. The Morgan fingerprint density at radius 2 is 2.10 bits per heavy atom. The molecule has 1 aromatic carbocycles. The van der Waals surface area contributed by atoms with Gasteiger partial charge in [-0.25, -0.2) is 0 Å². The molecule has 108 valence electrons. The van der Waals surface area contributed by atoms with Crippen LogP contribution in [0.25, 0.3) is 0 Å². The molecule has 2 rings (SSSR count). The fraction of sp³-hybridized carbons (Fsp3) is 0.467. The molecule has 0 radical (unpaired) electrons. The number of amides is 2. The van der Waals surface area contributed by atoms with Crippen molar-refractivity contribution in [1.82, 2.24) is 10.2 Å². The Bertz CT molecular complexity index is 475. The third kappa shape index (κ3) is 3.17. The average molecular weight is 275 g/mol. The smallest absolute Gasteiger partial charge is 0.244 e. The van der Waals surface area contributed by atoms with Gasteiger partial charge in [0.1, 0.15) is 0 Å². The van der Waals surface area contributed by atoms with E-state index in [-0.39, 0.29) is 24.4 Å². The van der Waals surface area contributed by atoms with Crippen LogP contribution in [0.1, 0.15) is 12.8 Å². The van der Waals surface area contributed by atoms with E-state index in [4.69, 9.17) is 0 Å². The normalized spacial score (nSPS) is 19.2. The first-order chi connectivity index (χ1) is 9.63. The second kappa shape index (κ2) is 6.52. The highest BCUT2D eigenvalue weighted by Crippen LogP contribution is 2.22. The van der Waals surface area contributed by atoms with E-state index >= 15 is 0 Å². The Morgan fingerprint density at radius 1 is 1.40 bits per heavy atom. The lowest BCUT2D eigenvalue weighted by molar-refractivity contribution is -0.127. The molecular weight excluding hydrogens is 254 g/mol. The largest absolute Gasteiger partial charge is 0.358 e. The maximum atomic E-state index is 12.6. The summed E-state index contributed by atoms with van der Waals surface area (Å²) < 4.78 is 0. The van der Waals surface area contributed by atoms with Crippen LogP contribution in [0.5, 0.6) is 0 Å². The number of nitrogens with zero attached hydrogens (tertiary/aromatic N) is 2. The molecule has 1 unspecified atom stereocenters. The second-order valence-corrected chi connectivity index (χ2v) is 5.07. The van der Waals surface area contributed by atoms with E-state index in [0.717, 1.165) is 25.1 Å². The van der Waals surface area contributed by atoms with Gasteiger partial charge in [0.25, 0.3) is 0 Å². The highest BCUT2D eigenvalue weighted by Gasteiger charge is 2.32. The first-order valence-corrected chi connectivity index (χ1v) is 6.90. The molecule has 1 aliphatic rings. The van der Waals surface area contributed by atoms with Crippen LogP contribution in [-0.2, 0) is 9.59 Å². The fourth-order valence-electron chi connectivity index (χ4n) is 2.55. The van der Waals surface area contributed by atoms with Crippen molar-refractivity contribution in [3.05, 3.63) is 30.3 Å². The monoisotopic (exact) mass is 275 g/mol. The van der Waals surface area contributed by atoms with Crippen LogP contribution in [0, 0.1) is 0 Å². The highest BCUT2D eigenvalue weighted by atomic mass is 16.2. The summed E-state index contributed by atoms with van der Waals surface area (Å²) >= 11 is 0. The number of rotatable bonds is 4. The number of likely N-dealkylation sites (N-methyl/N-ethyl adjacent to an activating group) is 2. The molecule has 5 heteroatoms.